The first-order chi connectivity index (χ1) is 12.4. The number of benzene rings is 2. The summed E-state index contributed by atoms with van der Waals surface area (Å²) in [5.74, 6) is -0.498. The molecule has 2 aromatic rings. The van der Waals surface area contributed by atoms with Gasteiger partial charge >= 0.3 is 0 Å². The number of amides is 2. The summed E-state index contributed by atoms with van der Waals surface area (Å²) in [6.07, 6.45) is 1.31. The zero-order valence-corrected chi connectivity index (χ0v) is 15.3. The largest absolute Gasteiger partial charge is 0.293 e. The minimum Gasteiger partial charge on any atom is -0.268 e. The van der Waals surface area contributed by atoms with Gasteiger partial charge in [0.1, 0.15) is 5.02 Å². The number of carbonyl (C=O) groups is 2. The Kier molecular flexibility index (Phi) is 5.31. The number of nitrogens with zero attached hydrogens (tertiary/aromatic N) is 2. The van der Waals surface area contributed by atoms with E-state index in [1.165, 1.54) is 18.2 Å². The molecule has 1 aliphatic heterocycles. The van der Waals surface area contributed by atoms with E-state index in [0.29, 0.717) is 0 Å². The number of hydrogen-bond donors (Lipinski definition) is 0. The van der Waals surface area contributed by atoms with Gasteiger partial charge in [-0.05, 0) is 29.5 Å². The van der Waals surface area contributed by atoms with Crippen LogP contribution in [0.4, 0.5) is 10.5 Å². The molecular formula is C17H10Cl2N2O4S. The van der Waals surface area contributed by atoms with Gasteiger partial charge in [-0.3, -0.25) is 24.6 Å². The number of rotatable bonds is 4. The molecule has 2 amide bonds. The van der Waals surface area contributed by atoms with Gasteiger partial charge in [-0.1, -0.05) is 53.5 Å². The van der Waals surface area contributed by atoms with Gasteiger partial charge in [0.25, 0.3) is 16.8 Å². The average molecular weight is 409 g/mol. The molecule has 0 unspecified atom stereocenters. The molecule has 0 aliphatic carbocycles. The van der Waals surface area contributed by atoms with Crippen LogP contribution in [0.1, 0.15) is 11.1 Å². The Bertz CT molecular complexity index is 947. The van der Waals surface area contributed by atoms with E-state index in [1.54, 1.807) is 12.1 Å². The molecule has 2 aromatic carbocycles. The molecule has 1 aliphatic rings. The van der Waals surface area contributed by atoms with Gasteiger partial charge in [0.2, 0.25) is 0 Å². The zero-order chi connectivity index (χ0) is 18.8. The molecule has 0 N–H and O–H groups in total. The van der Waals surface area contributed by atoms with Gasteiger partial charge in [-0.2, -0.15) is 0 Å². The van der Waals surface area contributed by atoms with E-state index in [2.05, 4.69) is 0 Å². The van der Waals surface area contributed by atoms with E-state index in [-0.39, 0.29) is 32.7 Å². The van der Waals surface area contributed by atoms with Crippen LogP contribution in [-0.4, -0.2) is 21.0 Å². The molecule has 132 valence electrons. The molecule has 26 heavy (non-hydrogen) atoms. The summed E-state index contributed by atoms with van der Waals surface area (Å²) in [6.45, 7) is 0.138. The van der Waals surface area contributed by atoms with Crippen molar-refractivity contribution in [2.45, 2.75) is 6.54 Å². The lowest BCUT2D eigenvalue weighted by Gasteiger charge is -2.12. The molecule has 0 atom stereocenters. The molecule has 0 saturated carbocycles. The molecule has 0 spiro atoms. The number of nitro benzene ring substituents is 1. The van der Waals surface area contributed by atoms with Gasteiger partial charge in [-0.15, -0.1) is 0 Å². The van der Waals surface area contributed by atoms with Gasteiger partial charge in [0.05, 0.1) is 16.4 Å². The third-order valence-corrected chi connectivity index (χ3v) is 5.27. The maximum absolute atomic E-state index is 12.6. The molecule has 1 saturated heterocycles. The second-order valence-corrected chi connectivity index (χ2v) is 7.08. The highest BCUT2D eigenvalue weighted by Crippen LogP contribution is 2.39. The number of thioether (sulfide) groups is 1. The van der Waals surface area contributed by atoms with E-state index in [9.17, 15) is 19.7 Å². The Hall–Kier alpha value is -2.35. The number of halogens is 2. The quantitative estimate of drug-likeness (QED) is 0.397. The summed E-state index contributed by atoms with van der Waals surface area (Å²) in [4.78, 5) is 36.3. The Morgan fingerprint density at radius 1 is 1.12 bits per heavy atom. The SMILES string of the molecule is O=C1S/C(=C\c2c(Cl)ccc([N+](=O)[O-])c2Cl)C(=O)N1Cc1ccccc1. The smallest absolute Gasteiger partial charge is 0.268 e. The monoisotopic (exact) mass is 408 g/mol. The predicted molar refractivity (Wildman–Crippen MR) is 101 cm³/mol. The fourth-order valence-corrected chi connectivity index (χ4v) is 3.73. The molecule has 0 bridgehead atoms. The van der Waals surface area contributed by atoms with Gasteiger partial charge in [-0.25, -0.2) is 0 Å². The van der Waals surface area contributed by atoms with E-state index in [0.717, 1.165) is 22.2 Å². The molecule has 9 heteroatoms. The van der Waals surface area contributed by atoms with Crippen LogP contribution >= 0.6 is 35.0 Å². The lowest BCUT2D eigenvalue weighted by Crippen LogP contribution is -2.27. The van der Waals surface area contributed by atoms with Crippen molar-refractivity contribution >= 4 is 57.9 Å². The first-order valence-corrected chi connectivity index (χ1v) is 8.87. The second-order valence-electron chi connectivity index (χ2n) is 5.30. The molecule has 0 radical (unpaired) electrons. The fraction of sp³-hybridized carbons (Fsp3) is 0.0588. The summed E-state index contributed by atoms with van der Waals surface area (Å²) in [6, 6.07) is 11.6. The zero-order valence-electron chi connectivity index (χ0n) is 13.0. The van der Waals surface area contributed by atoms with E-state index in [4.69, 9.17) is 23.2 Å². The van der Waals surface area contributed by atoms with Crippen molar-refractivity contribution in [3.8, 4) is 0 Å². The van der Waals surface area contributed by atoms with Crippen molar-refractivity contribution in [1.29, 1.82) is 0 Å². The van der Waals surface area contributed by atoms with E-state index in [1.807, 2.05) is 18.2 Å². The van der Waals surface area contributed by atoms with Gasteiger partial charge < -0.3 is 0 Å². The Morgan fingerprint density at radius 2 is 1.81 bits per heavy atom. The second kappa shape index (κ2) is 7.49. The summed E-state index contributed by atoms with van der Waals surface area (Å²) < 4.78 is 0. The minimum absolute atomic E-state index is 0.107. The van der Waals surface area contributed by atoms with Crippen LogP contribution < -0.4 is 0 Å². The Balaban J connectivity index is 1.94. The molecule has 1 heterocycles. The molecule has 1 fully saturated rings. The van der Waals surface area contributed by atoms with Crippen LogP contribution in [0.15, 0.2) is 47.4 Å². The number of nitro groups is 1. The standard InChI is InChI=1S/C17H10Cl2N2O4S/c18-12-6-7-13(21(24)25)15(19)11(12)8-14-16(22)20(17(23)26-14)9-10-4-2-1-3-5-10/h1-8H,9H2/b14-8-. The molecule has 6 nitrogen and oxygen atoms in total. The van der Waals surface area contributed by atoms with Crippen molar-refractivity contribution in [2.24, 2.45) is 0 Å². The number of carbonyl (C=O) groups excluding carboxylic acids is 2. The topological polar surface area (TPSA) is 80.5 Å². The molecular weight excluding hydrogens is 399 g/mol. The van der Waals surface area contributed by atoms with Crippen LogP contribution in [0.3, 0.4) is 0 Å². The van der Waals surface area contributed by atoms with Crippen molar-refractivity contribution in [2.75, 3.05) is 0 Å². The highest BCUT2D eigenvalue weighted by molar-refractivity contribution is 8.18. The fourth-order valence-electron chi connectivity index (χ4n) is 2.36. The molecule has 3 rings (SSSR count). The van der Waals surface area contributed by atoms with Crippen LogP contribution in [-0.2, 0) is 11.3 Å². The number of hydrogen-bond acceptors (Lipinski definition) is 5. The van der Waals surface area contributed by atoms with E-state index < -0.39 is 16.1 Å². The Labute approximate surface area is 162 Å². The molecule has 0 aromatic heterocycles. The van der Waals surface area contributed by atoms with Crippen LogP contribution in [0.5, 0.6) is 0 Å². The third kappa shape index (κ3) is 3.60. The average Bonchev–Trinajstić information content (AvgIpc) is 2.86. The normalized spacial score (nSPS) is 15.8. The predicted octanol–water partition coefficient (Wildman–Crippen LogP) is 5.14. The summed E-state index contributed by atoms with van der Waals surface area (Å²) in [5, 5.41) is 10.6. The highest BCUT2D eigenvalue weighted by Gasteiger charge is 2.35. The van der Waals surface area contributed by atoms with Crippen molar-refractivity contribution < 1.29 is 14.5 Å². The summed E-state index contributed by atoms with van der Waals surface area (Å²) in [5.41, 5.74) is 0.612. The van der Waals surface area contributed by atoms with Gasteiger partial charge in [0.15, 0.2) is 0 Å². The van der Waals surface area contributed by atoms with Crippen molar-refractivity contribution in [3.63, 3.8) is 0 Å². The minimum atomic E-state index is -0.642. The van der Waals surface area contributed by atoms with Crippen LogP contribution in [0, 0.1) is 10.1 Å². The van der Waals surface area contributed by atoms with Crippen LogP contribution in [0.2, 0.25) is 10.0 Å². The lowest BCUT2D eigenvalue weighted by molar-refractivity contribution is -0.384. The van der Waals surface area contributed by atoms with Crippen LogP contribution in [0.25, 0.3) is 6.08 Å². The summed E-state index contributed by atoms with van der Waals surface area (Å²) in [7, 11) is 0. The maximum Gasteiger partial charge on any atom is 0.293 e. The Morgan fingerprint density at radius 3 is 2.46 bits per heavy atom. The number of imide groups is 1. The summed E-state index contributed by atoms with van der Waals surface area (Å²) >= 11 is 12.9. The lowest BCUT2D eigenvalue weighted by atomic mass is 10.1. The first kappa shape index (κ1) is 18.4. The first-order valence-electron chi connectivity index (χ1n) is 7.30. The maximum atomic E-state index is 12.6. The van der Waals surface area contributed by atoms with Crippen molar-refractivity contribution in [1.82, 2.24) is 4.90 Å². The van der Waals surface area contributed by atoms with E-state index >= 15 is 0 Å². The van der Waals surface area contributed by atoms with Gasteiger partial charge in [0, 0.05) is 16.7 Å². The third-order valence-electron chi connectivity index (χ3n) is 3.64. The van der Waals surface area contributed by atoms with Crippen molar-refractivity contribution in [3.05, 3.63) is 78.7 Å². The highest BCUT2D eigenvalue weighted by atomic mass is 35.5.